The molecule has 2 aromatic carbocycles. The second kappa shape index (κ2) is 8.94. The number of methoxy groups -OCH3 is 2. The molecule has 1 aliphatic heterocycles. The Morgan fingerprint density at radius 2 is 1.88 bits per heavy atom. The molecule has 0 amide bonds. The molecule has 0 unspecified atom stereocenters. The van der Waals surface area contributed by atoms with Crippen molar-refractivity contribution in [2.75, 3.05) is 20.8 Å². The summed E-state index contributed by atoms with van der Waals surface area (Å²) in [6, 6.07) is 15.3. The molecule has 1 aromatic heterocycles. The summed E-state index contributed by atoms with van der Waals surface area (Å²) < 4.78 is 22.4. The topological polar surface area (TPSA) is 115 Å². The zero-order valence-electron chi connectivity index (χ0n) is 18.1. The van der Waals surface area contributed by atoms with Gasteiger partial charge in [-0.05, 0) is 48.9 Å². The second-order valence-electron chi connectivity index (χ2n) is 7.22. The number of benzene rings is 2. The van der Waals surface area contributed by atoms with Crippen LogP contribution in [0.25, 0.3) is 11.3 Å². The molecule has 1 aliphatic rings. The van der Waals surface area contributed by atoms with E-state index in [-0.39, 0.29) is 11.5 Å². The van der Waals surface area contributed by atoms with Gasteiger partial charge in [0, 0.05) is 11.1 Å². The number of hydrogen-bond acceptors (Lipinski definition) is 7. The number of rotatable bonds is 7. The predicted molar refractivity (Wildman–Crippen MR) is 119 cm³/mol. The standard InChI is InChI=1S/C24H24N4O4/c1-4-11-31-15-7-5-14(6-8-15)22-21-20(17-12-16(29-2)9-10-19(17)30-3)18(13-25)23(26)32-24(21)28-27-22/h5-10,12,20H,4,11,26H2,1-3H3,(H,27,28)/t20-/m0/s1. The fourth-order valence-corrected chi connectivity index (χ4v) is 3.78. The molecular formula is C24H24N4O4. The fraction of sp³-hybridized carbons (Fsp3) is 0.250. The summed E-state index contributed by atoms with van der Waals surface area (Å²) in [4.78, 5) is 0. The van der Waals surface area contributed by atoms with E-state index in [0.717, 1.165) is 29.0 Å². The van der Waals surface area contributed by atoms with Gasteiger partial charge < -0.3 is 24.7 Å². The third-order valence-corrected chi connectivity index (χ3v) is 5.30. The van der Waals surface area contributed by atoms with Crippen LogP contribution in [0.5, 0.6) is 23.1 Å². The molecule has 0 fully saturated rings. The first kappa shape index (κ1) is 21.1. The second-order valence-corrected chi connectivity index (χ2v) is 7.22. The van der Waals surface area contributed by atoms with Gasteiger partial charge in [0.05, 0.1) is 38.0 Å². The van der Waals surface area contributed by atoms with Crippen LogP contribution in [-0.2, 0) is 0 Å². The van der Waals surface area contributed by atoms with Gasteiger partial charge in [0.2, 0.25) is 11.8 Å². The summed E-state index contributed by atoms with van der Waals surface area (Å²) in [5.41, 5.74) is 9.39. The van der Waals surface area contributed by atoms with E-state index in [9.17, 15) is 5.26 Å². The number of H-pyrrole nitrogens is 1. The van der Waals surface area contributed by atoms with Crippen molar-refractivity contribution in [3.05, 3.63) is 65.0 Å². The molecule has 3 aromatic rings. The quantitative estimate of drug-likeness (QED) is 0.577. The molecule has 32 heavy (non-hydrogen) atoms. The van der Waals surface area contributed by atoms with Gasteiger partial charge in [0.1, 0.15) is 28.9 Å². The maximum Gasteiger partial charge on any atom is 0.244 e. The Morgan fingerprint density at radius 1 is 1.12 bits per heavy atom. The molecule has 8 nitrogen and oxygen atoms in total. The van der Waals surface area contributed by atoms with Crippen LogP contribution in [-0.4, -0.2) is 31.0 Å². The predicted octanol–water partition coefficient (Wildman–Crippen LogP) is 4.10. The van der Waals surface area contributed by atoms with Crippen LogP contribution in [0.3, 0.4) is 0 Å². The number of aromatic nitrogens is 2. The van der Waals surface area contributed by atoms with Gasteiger partial charge in [-0.25, -0.2) is 0 Å². The molecule has 164 valence electrons. The number of fused-ring (bicyclic) bond motifs is 1. The van der Waals surface area contributed by atoms with Crippen molar-refractivity contribution in [1.29, 1.82) is 5.26 Å². The highest BCUT2D eigenvalue weighted by atomic mass is 16.5. The molecule has 2 heterocycles. The fourth-order valence-electron chi connectivity index (χ4n) is 3.78. The highest BCUT2D eigenvalue weighted by molar-refractivity contribution is 5.72. The van der Waals surface area contributed by atoms with Gasteiger partial charge >= 0.3 is 0 Å². The van der Waals surface area contributed by atoms with Crippen LogP contribution in [0.15, 0.2) is 53.9 Å². The zero-order chi connectivity index (χ0) is 22.7. The van der Waals surface area contributed by atoms with E-state index in [1.807, 2.05) is 30.3 Å². The van der Waals surface area contributed by atoms with Gasteiger partial charge in [-0.15, -0.1) is 5.10 Å². The molecule has 0 aliphatic carbocycles. The van der Waals surface area contributed by atoms with E-state index >= 15 is 0 Å². The third kappa shape index (κ3) is 3.69. The largest absolute Gasteiger partial charge is 0.497 e. The van der Waals surface area contributed by atoms with E-state index < -0.39 is 5.92 Å². The first-order valence-corrected chi connectivity index (χ1v) is 10.2. The average molecular weight is 432 g/mol. The van der Waals surface area contributed by atoms with Gasteiger partial charge in [-0.1, -0.05) is 6.92 Å². The first-order chi connectivity index (χ1) is 15.6. The van der Waals surface area contributed by atoms with E-state index in [0.29, 0.717) is 29.5 Å². The van der Waals surface area contributed by atoms with Gasteiger partial charge in [0.25, 0.3) is 0 Å². The van der Waals surface area contributed by atoms with Crippen LogP contribution in [0.2, 0.25) is 0 Å². The molecule has 3 N–H and O–H groups in total. The molecule has 8 heteroatoms. The Kier molecular flexibility index (Phi) is 5.90. The monoisotopic (exact) mass is 432 g/mol. The van der Waals surface area contributed by atoms with Crippen LogP contribution in [0, 0.1) is 11.3 Å². The molecule has 0 spiro atoms. The highest BCUT2D eigenvalue weighted by Gasteiger charge is 2.37. The Bertz CT molecular complexity index is 1190. The van der Waals surface area contributed by atoms with Crippen molar-refractivity contribution in [3.63, 3.8) is 0 Å². The normalized spacial score (nSPS) is 14.9. The number of nitrogens with two attached hydrogens (primary N) is 1. The minimum absolute atomic E-state index is 0.0104. The number of hydrogen-bond donors (Lipinski definition) is 2. The summed E-state index contributed by atoms with van der Waals surface area (Å²) in [7, 11) is 3.16. The summed E-state index contributed by atoms with van der Waals surface area (Å²) >= 11 is 0. The lowest BCUT2D eigenvalue weighted by atomic mass is 9.82. The molecule has 0 radical (unpaired) electrons. The SMILES string of the molecule is CCCOc1ccc(-c2[nH]nc3c2[C@@H](c2cc(OC)ccc2OC)C(C#N)=C(N)O3)cc1. The lowest BCUT2D eigenvalue weighted by Crippen LogP contribution is -2.21. The molecule has 0 saturated heterocycles. The number of nitrogens with zero attached hydrogens (tertiary/aromatic N) is 2. The van der Waals surface area contributed by atoms with Crippen LogP contribution >= 0.6 is 0 Å². The molecule has 0 bridgehead atoms. The summed E-state index contributed by atoms with van der Waals surface area (Å²) in [5.74, 6) is 1.78. The van der Waals surface area contributed by atoms with Gasteiger partial charge in [0.15, 0.2) is 0 Å². The summed E-state index contributed by atoms with van der Waals surface area (Å²) in [5, 5.41) is 17.3. The third-order valence-electron chi connectivity index (χ3n) is 5.30. The van der Waals surface area contributed by atoms with Gasteiger partial charge in [-0.3, -0.25) is 5.10 Å². The van der Waals surface area contributed by atoms with Crippen molar-refractivity contribution in [2.45, 2.75) is 19.3 Å². The summed E-state index contributed by atoms with van der Waals surface area (Å²) in [6.45, 7) is 2.71. The van der Waals surface area contributed by atoms with Crippen molar-refractivity contribution < 1.29 is 18.9 Å². The van der Waals surface area contributed by atoms with Crippen molar-refractivity contribution >= 4 is 0 Å². The summed E-state index contributed by atoms with van der Waals surface area (Å²) in [6.07, 6.45) is 0.932. The van der Waals surface area contributed by atoms with Crippen molar-refractivity contribution in [3.8, 4) is 40.5 Å². The molecule has 1 atom stereocenters. The minimum atomic E-state index is -0.557. The van der Waals surface area contributed by atoms with Crippen LogP contribution < -0.4 is 24.7 Å². The number of aromatic amines is 1. The Hall–Kier alpha value is -4.12. The van der Waals surface area contributed by atoms with E-state index in [1.165, 1.54) is 0 Å². The Morgan fingerprint density at radius 3 is 2.53 bits per heavy atom. The minimum Gasteiger partial charge on any atom is -0.497 e. The first-order valence-electron chi connectivity index (χ1n) is 10.2. The smallest absolute Gasteiger partial charge is 0.244 e. The van der Waals surface area contributed by atoms with E-state index in [4.69, 9.17) is 24.7 Å². The van der Waals surface area contributed by atoms with Crippen LogP contribution in [0.4, 0.5) is 0 Å². The zero-order valence-corrected chi connectivity index (χ0v) is 18.1. The Labute approximate surface area is 186 Å². The number of nitriles is 1. The number of ether oxygens (including phenoxy) is 4. The van der Waals surface area contributed by atoms with Crippen molar-refractivity contribution in [1.82, 2.24) is 10.2 Å². The van der Waals surface area contributed by atoms with E-state index in [2.05, 4.69) is 23.2 Å². The lowest BCUT2D eigenvalue weighted by Gasteiger charge is -2.25. The highest BCUT2D eigenvalue weighted by Crippen LogP contribution is 2.48. The van der Waals surface area contributed by atoms with E-state index in [1.54, 1.807) is 26.4 Å². The molecular weight excluding hydrogens is 408 g/mol. The van der Waals surface area contributed by atoms with Crippen LogP contribution in [0.1, 0.15) is 30.4 Å². The number of allylic oxidation sites excluding steroid dienone is 1. The average Bonchev–Trinajstić information content (AvgIpc) is 3.25. The molecule has 0 saturated carbocycles. The maximum atomic E-state index is 9.94. The maximum absolute atomic E-state index is 9.94. The van der Waals surface area contributed by atoms with Gasteiger partial charge in [-0.2, -0.15) is 5.26 Å². The lowest BCUT2D eigenvalue weighted by molar-refractivity contribution is 0.317. The van der Waals surface area contributed by atoms with Crippen molar-refractivity contribution in [2.24, 2.45) is 5.73 Å². The molecule has 4 rings (SSSR count). The Balaban J connectivity index is 1.87. The number of nitrogens with one attached hydrogen (secondary N) is 1.